The number of aromatic carboxylic acids is 2. The van der Waals surface area contributed by atoms with Crippen LogP contribution < -0.4 is 4.90 Å². The molecule has 1 aromatic heterocycles. The average Bonchev–Trinajstić information content (AvgIpc) is 3.08. The summed E-state index contributed by atoms with van der Waals surface area (Å²) in [6, 6.07) is 8.55. The van der Waals surface area contributed by atoms with Crippen molar-refractivity contribution in [1.29, 1.82) is 0 Å². The molecule has 120 valence electrons. The quantitative estimate of drug-likeness (QED) is 0.906. The van der Waals surface area contributed by atoms with E-state index in [0.29, 0.717) is 24.8 Å². The maximum absolute atomic E-state index is 11.4. The highest BCUT2D eigenvalue weighted by molar-refractivity contribution is 5.97. The Morgan fingerprint density at radius 1 is 1.00 bits per heavy atom. The van der Waals surface area contributed by atoms with E-state index >= 15 is 0 Å². The number of anilines is 1. The van der Waals surface area contributed by atoms with E-state index in [0.717, 1.165) is 12.8 Å². The van der Waals surface area contributed by atoms with Gasteiger partial charge in [-0.15, -0.1) is 0 Å². The Kier molecular flexibility index (Phi) is 4.06. The lowest BCUT2D eigenvalue weighted by Crippen LogP contribution is -2.35. The van der Waals surface area contributed by atoms with Crippen molar-refractivity contribution in [1.82, 2.24) is 4.57 Å². The number of rotatable bonds is 4. The van der Waals surface area contributed by atoms with Gasteiger partial charge in [0.1, 0.15) is 0 Å². The van der Waals surface area contributed by atoms with Crippen molar-refractivity contribution >= 4 is 17.6 Å². The van der Waals surface area contributed by atoms with Crippen molar-refractivity contribution in [3.05, 3.63) is 53.9 Å². The van der Waals surface area contributed by atoms with Crippen LogP contribution in [-0.4, -0.2) is 39.8 Å². The molecule has 0 radical (unpaired) electrons. The molecule has 6 heteroatoms. The predicted octanol–water partition coefficient (Wildman–Crippen LogP) is 2.73. The monoisotopic (exact) mass is 314 g/mol. The van der Waals surface area contributed by atoms with Gasteiger partial charge >= 0.3 is 11.9 Å². The molecule has 0 bridgehead atoms. The number of aromatic nitrogens is 1. The minimum Gasteiger partial charge on any atom is -0.478 e. The van der Waals surface area contributed by atoms with Gasteiger partial charge < -0.3 is 19.7 Å². The molecule has 0 amide bonds. The first-order chi connectivity index (χ1) is 11.1. The topological polar surface area (TPSA) is 82.8 Å². The fraction of sp³-hybridized carbons (Fsp3) is 0.294. The second-order valence-corrected chi connectivity index (χ2v) is 5.69. The van der Waals surface area contributed by atoms with Gasteiger partial charge in [0.15, 0.2) is 0 Å². The second-order valence-electron chi connectivity index (χ2n) is 5.69. The Morgan fingerprint density at radius 3 is 2.22 bits per heavy atom. The lowest BCUT2D eigenvalue weighted by Gasteiger charge is -2.35. The van der Waals surface area contributed by atoms with Gasteiger partial charge in [-0.2, -0.15) is 0 Å². The third-order valence-electron chi connectivity index (χ3n) is 4.33. The first-order valence-electron chi connectivity index (χ1n) is 7.54. The molecule has 0 saturated carbocycles. The molecule has 0 spiro atoms. The molecular weight excluding hydrogens is 296 g/mol. The van der Waals surface area contributed by atoms with Crippen molar-refractivity contribution in [2.24, 2.45) is 0 Å². The summed E-state index contributed by atoms with van der Waals surface area (Å²) < 4.78 is 2.17. The molecule has 2 N–H and O–H groups in total. The minimum atomic E-state index is -1.05. The van der Waals surface area contributed by atoms with Crippen molar-refractivity contribution in [3.8, 4) is 0 Å². The van der Waals surface area contributed by atoms with Gasteiger partial charge in [-0.3, -0.25) is 0 Å². The zero-order valence-electron chi connectivity index (χ0n) is 12.6. The largest absolute Gasteiger partial charge is 0.478 e. The lowest BCUT2D eigenvalue weighted by atomic mass is 10.0. The molecule has 1 aliphatic rings. The Balaban J connectivity index is 1.83. The molecule has 0 atom stereocenters. The highest BCUT2D eigenvalue weighted by Crippen LogP contribution is 2.29. The fourth-order valence-corrected chi connectivity index (χ4v) is 3.10. The molecule has 2 heterocycles. The highest BCUT2D eigenvalue weighted by Gasteiger charge is 2.24. The Labute approximate surface area is 133 Å². The van der Waals surface area contributed by atoms with Gasteiger partial charge in [0, 0.05) is 31.5 Å². The van der Waals surface area contributed by atoms with Crippen LogP contribution in [0.15, 0.2) is 42.7 Å². The summed E-state index contributed by atoms with van der Waals surface area (Å²) in [6.45, 7) is 1.40. The van der Waals surface area contributed by atoms with E-state index in [1.807, 2.05) is 29.4 Å². The van der Waals surface area contributed by atoms with E-state index in [1.54, 1.807) is 0 Å². The number of hydrogen-bond donors (Lipinski definition) is 2. The van der Waals surface area contributed by atoms with Crippen LogP contribution in [0.2, 0.25) is 0 Å². The van der Waals surface area contributed by atoms with E-state index in [4.69, 9.17) is 5.11 Å². The van der Waals surface area contributed by atoms with Gasteiger partial charge in [0.05, 0.1) is 16.8 Å². The number of benzene rings is 1. The molecule has 0 unspecified atom stereocenters. The Bertz CT molecular complexity index is 716. The standard InChI is InChI=1S/C17H18N2O4/c20-16(21)12-3-4-14(17(22)23)15(11-12)19-9-5-13(6-10-19)18-7-1-2-8-18/h1-4,7-8,11,13H,5-6,9-10H2,(H,20,21)(H,22,23). The Morgan fingerprint density at radius 2 is 1.65 bits per heavy atom. The van der Waals surface area contributed by atoms with Crippen LogP contribution >= 0.6 is 0 Å². The van der Waals surface area contributed by atoms with Crippen LogP contribution in [0, 0.1) is 0 Å². The summed E-state index contributed by atoms with van der Waals surface area (Å²) in [4.78, 5) is 24.5. The maximum Gasteiger partial charge on any atom is 0.337 e. The second kappa shape index (κ2) is 6.16. The lowest BCUT2D eigenvalue weighted by molar-refractivity contribution is 0.0681. The molecule has 3 rings (SSSR count). The average molecular weight is 314 g/mol. The van der Waals surface area contributed by atoms with Gasteiger partial charge in [-0.25, -0.2) is 9.59 Å². The van der Waals surface area contributed by atoms with Gasteiger partial charge in [0.2, 0.25) is 0 Å². The summed E-state index contributed by atoms with van der Waals surface area (Å²) in [6.07, 6.45) is 5.86. The zero-order valence-corrected chi connectivity index (χ0v) is 12.6. The van der Waals surface area contributed by atoms with Crippen LogP contribution in [0.4, 0.5) is 5.69 Å². The molecule has 1 fully saturated rings. The highest BCUT2D eigenvalue weighted by atomic mass is 16.4. The van der Waals surface area contributed by atoms with E-state index in [9.17, 15) is 14.7 Å². The van der Waals surface area contributed by atoms with E-state index in [1.165, 1.54) is 18.2 Å². The molecule has 6 nitrogen and oxygen atoms in total. The normalized spacial score (nSPS) is 15.6. The maximum atomic E-state index is 11.4. The zero-order chi connectivity index (χ0) is 16.4. The molecule has 1 aliphatic heterocycles. The molecular formula is C17H18N2O4. The van der Waals surface area contributed by atoms with Crippen LogP contribution in [0.3, 0.4) is 0 Å². The van der Waals surface area contributed by atoms with Crippen LogP contribution in [0.1, 0.15) is 39.6 Å². The van der Waals surface area contributed by atoms with Crippen LogP contribution in [-0.2, 0) is 0 Å². The van der Waals surface area contributed by atoms with E-state index in [-0.39, 0.29) is 11.1 Å². The van der Waals surface area contributed by atoms with E-state index in [2.05, 4.69) is 4.57 Å². The smallest absolute Gasteiger partial charge is 0.337 e. The summed E-state index contributed by atoms with van der Waals surface area (Å²) in [7, 11) is 0. The van der Waals surface area contributed by atoms with Crippen molar-refractivity contribution < 1.29 is 19.8 Å². The fourth-order valence-electron chi connectivity index (χ4n) is 3.10. The first kappa shape index (κ1) is 15.1. The number of piperidine rings is 1. The van der Waals surface area contributed by atoms with Gasteiger partial charge in [-0.05, 0) is 43.2 Å². The summed E-state index contributed by atoms with van der Waals surface area (Å²) in [5.41, 5.74) is 0.746. The van der Waals surface area contributed by atoms with E-state index < -0.39 is 11.9 Å². The number of hydrogen-bond acceptors (Lipinski definition) is 3. The SMILES string of the molecule is O=C(O)c1ccc(C(=O)O)c(N2CCC(n3cccc3)CC2)c1. The van der Waals surface area contributed by atoms with Gasteiger partial charge in [-0.1, -0.05) is 0 Å². The summed E-state index contributed by atoms with van der Waals surface area (Å²) in [5, 5.41) is 18.5. The third-order valence-corrected chi connectivity index (χ3v) is 4.33. The number of carboxylic acid groups (broad SMARTS) is 2. The molecule has 1 saturated heterocycles. The molecule has 0 aliphatic carbocycles. The Hall–Kier alpha value is -2.76. The minimum absolute atomic E-state index is 0.109. The molecule has 23 heavy (non-hydrogen) atoms. The van der Waals surface area contributed by atoms with Crippen LogP contribution in [0.25, 0.3) is 0 Å². The molecule has 1 aromatic carbocycles. The predicted molar refractivity (Wildman–Crippen MR) is 85.3 cm³/mol. The van der Waals surface area contributed by atoms with Crippen molar-refractivity contribution in [3.63, 3.8) is 0 Å². The number of nitrogens with zero attached hydrogens (tertiary/aromatic N) is 2. The van der Waals surface area contributed by atoms with Crippen molar-refractivity contribution in [2.45, 2.75) is 18.9 Å². The third kappa shape index (κ3) is 3.06. The summed E-state index contributed by atoms with van der Waals surface area (Å²) in [5.74, 6) is -2.09. The number of carboxylic acids is 2. The van der Waals surface area contributed by atoms with Crippen LogP contribution in [0.5, 0.6) is 0 Å². The molecule has 2 aromatic rings. The number of carbonyl (C=O) groups is 2. The summed E-state index contributed by atoms with van der Waals surface area (Å²) >= 11 is 0. The van der Waals surface area contributed by atoms with Crippen molar-refractivity contribution in [2.75, 3.05) is 18.0 Å². The van der Waals surface area contributed by atoms with Gasteiger partial charge in [0.25, 0.3) is 0 Å². The first-order valence-corrected chi connectivity index (χ1v) is 7.54.